The third-order valence-corrected chi connectivity index (χ3v) is 6.38. The Hall–Kier alpha value is -1.56. The highest BCUT2D eigenvalue weighted by atomic mass is 35.5. The molecule has 3 aromatic rings. The summed E-state index contributed by atoms with van der Waals surface area (Å²) in [5.41, 5.74) is 2.73. The molecule has 1 heterocycles. The average Bonchev–Trinajstić information content (AvgIpc) is 2.89. The van der Waals surface area contributed by atoms with Crippen molar-refractivity contribution in [1.29, 1.82) is 0 Å². The molecule has 0 aliphatic rings. The van der Waals surface area contributed by atoms with Crippen molar-refractivity contribution in [3.63, 3.8) is 0 Å². The molecule has 0 spiro atoms. The molecular formula is C19H19ClN2OS2. The first-order valence-corrected chi connectivity index (χ1v) is 10.0. The third-order valence-electron chi connectivity index (χ3n) is 3.77. The quantitative estimate of drug-likeness (QED) is 0.558. The summed E-state index contributed by atoms with van der Waals surface area (Å²) in [4.78, 5) is 18.7. The van der Waals surface area contributed by atoms with E-state index < -0.39 is 0 Å². The van der Waals surface area contributed by atoms with E-state index in [-0.39, 0.29) is 5.91 Å². The Morgan fingerprint density at radius 2 is 1.88 bits per heavy atom. The molecule has 0 fully saturated rings. The summed E-state index contributed by atoms with van der Waals surface area (Å²) in [5, 5.41) is 1.20. The number of carbonyl (C=O) groups is 1. The lowest BCUT2D eigenvalue weighted by molar-refractivity contribution is 0.0998. The summed E-state index contributed by atoms with van der Waals surface area (Å²) in [7, 11) is 1.91. The Labute approximate surface area is 160 Å². The van der Waals surface area contributed by atoms with Crippen LogP contribution in [-0.4, -0.2) is 15.7 Å². The van der Waals surface area contributed by atoms with Crippen LogP contribution in [0.5, 0.6) is 0 Å². The number of aryl methyl sites for hydroxylation is 2. The summed E-state index contributed by atoms with van der Waals surface area (Å²) in [6, 6.07) is 11.5. The van der Waals surface area contributed by atoms with Crippen LogP contribution in [0.4, 0.5) is 0 Å². The van der Waals surface area contributed by atoms with E-state index in [0.717, 1.165) is 20.7 Å². The van der Waals surface area contributed by atoms with Gasteiger partial charge in [-0.1, -0.05) is 42.9 Å². The monoisotopic (exact) mass is 390 g/mol. The van der Waals surface area contributed by atoms with Crippen molar-refractivity contribution >= 4 is 50.8 Å². The van der Waals surface area contributed by atoms with Gasteiger partial charge in [0.2, 0.25) is 0 Å². The first-order valence-electron chi connectivity index (χ1n) is 7.97. The second kappa shape index (κ2) is 7.36. The van der Waals surface area contributed by atoms with Crippen LogP contribution in [0.1, 0.15) is 29.8 Å². The molecule has 0 atom stereocenters. The van der Waals surface area contributed by atoms with Crippen molar-refractivity contribution in [2.45, 2.75) is 30.9 Å². The van der Waals surface area contributed by atoms with E-state index in [9.17, 15) is 4.79 Å². The van der Waals surface area contributed by atoms with Crippen molar-refractivity contribution in [2.24, 2.45) is 12.0 Å². The standard InChI is InChI=1S/C19H19ClN2OS2/c1-11(2)24-14-8-6-13(7-9-14)18(23)21-19-22(4)16-12(3)5-10-15(20)17(16)25-19/h5-11H,1-4H3. The van der Waals surface area contributed by atoms with Gasteiger partial charge in [0.15, 0.2) is 4.80 Å². The summed E-state index contributed by atoms with van der Waals surface area (Å²) in [5.74, 6) is -0.239. The lowest BCUT2D eigenvalue weighted by Gasteiger charge is -2.04. The first-order chi connectivity index (χ1) is 11.9. The fourth-order valence-electron chi connectivity index (χ4n) is 2.61. The number of halogens is 1. The normalized spacial score (nSPS) is 12.3. The zero-order valence-corrected chi connectivity index (χ0v) is 16.9. The molecule has 3 nitrogen and oxygen atoms in total. The molecule has 1 amide bonds. The van der Waals surface area contributed by atoms with Crippen LogP contribution in [0.3, 0.4) is 0 Å². The van der Waals surface area contributed by atoms with E-state index in [0.29, 0.717) is 20.6 Å². The smallest absolute Gasteiger partial charge is 0.279 e. The van der Waals surface area contributed by atoms with Gasteiger partial charge < -0.3 is 4.57 Å². The first kappa shape index (κ1) is 18.2. The van der Waals surface area contributed by atoms with Gasteiger partial charge in [-0.05, 0) is 42.8 Å². The second-order valence-corrected chi connectivity index (χ2v) is 9.13. The van der Waals surface area contributed by atoms with Crippen LogP contribution in [0.15, 0.2) is 46.3 Å². The Morgan fingerprint density at radius 3 is 2.48 bits per heavy atom. The number of amides is 1. The second-order valence-electron chi connectivity index (χ2n) is 6.09. The molecule has 0 aliphatic carbocycles. The minimum absolute atomic E-state index is 0.239. The largest absolute Gasteiger partial charge is 0.319 e. The van der Waals surface area contributed by atoms with Crippen LogP contribution in [0, 0.1) is 6.92 Å². The van der Waals surface area contributed by atoms with Crippen LogP contribution in [0.2, 0.25) is 5.02 Å². The zero-order valence-electron chi connectivity index (χ0n) is 14.5. The third kappa shape index (κ3) is 3.84. The minimum Gasteiger partial charge on any atom is -0.319 e. The van der Waals surface area contributed by atoms with Gasteiger partial charge in [0.25, 0.3) is 5.91 Å². The van der Waals surface area contributed by atoms with E-state index in [4.69, 9.17) is 11.6 Å². The number of fused-ring (bicyclic) bond motifs is 1. The SMILES string of the molecule is Cc1ccc(Cl)c2sc(=NC(=O)c3ccc(SC(C)C)cc3)n(C)c12. The Bertz CT molecular complexity index is 1000. The lowest BCUT2D eigenvalue weighted by Crippen LogP contribution is -2.13. The predicted molar refractivity (Wildman–Crippen MR) is 108 cm³/mol. The maximum Gasteiger partial charge on any atom is 0.279 e. The van der Waals surface area contributed by atoms with Crippen LogP contribution in [-0.2, 0) is 7.05 Å². The van der Waals surface area contributed by atoms with Gasteiger partial charge in [0, 0.05) is 22.8 Å². The van der Waals surface area contributed by atoms with E-state index in [1.807, 2.05) is 54.9 Å². The maximum atomic E-state index is 12.5. The van der Waals surface area contributed by atoms with Crippen molar-refractivity contribution in [1.82, 2.24) is 4.57 Å². The highest BCUT2D eigenvalue weighted by molar-refractivity contribution is 7.99. The number of hydrogen-bond acceptors (Lipinski definition) is 3. The number of nitrogens with zero attached hydrogens (tertiary/aromatic N) is 2. The summed E-state index contributed by atoms with van der Waals surface area (Å²) in [6.45, 7) is 6.32. The highest BCUT2D eigenvalue weighted by Gasteiger charge is 2.11. The van der Waals surface area contributed by atoms with Gasteiger partial charge in [-0.25, -0.2) is 0 Å². The number of aromatic nitrogens is 1. The Balaban J connectivity index is 1.99. The maximum absolute atomic E-state index is 12.5. The van der Waals surface area contributed by atoms with Crippen LogP contribution < -0.4 is 4.80 Å². The molecule has 1 aromatic heterocycles. The molecule has 2 aromatic carbocycles. The molecule has 0 unspecified atom stereocenters. The van der Waals surface area contributed by atoms with E-state index in [2.05, 4.69) is 18.8 Å². The van der Waals surface area contributed by atoms with E-state index >= 15 is 0 Å². The van der Waals surface area contributed by atoms with E-state index in [1.54, 1.807) is 11.8 Å². The van der Waals surface area contributed by atoms with Gasteiger partial charge in [-0.2, -0.15) is 4.99 Å². The topological polar surface area (TPSA) is 34.4 Å². The molecule has 0 saturated heterocycles. The van der Waals surface area contributed by atoms with Crippen molar-refractivity contribution < 1.29 is 4.79 Å². The number of carbonyl (C=O) groups excluding carboxylic acids is 1. The molecule has 0 N–H and O–H groups in total. The van der Waals surface area contributed by atoms with Crippen LogP contribution >= 0.6 is 34.7 Å². The van der Waals surface area contributed by atoms with Gasteiger partial charge >= 0.3 is 0 Å². The molecule has 25 heavy (non-hydrogen) atoms. The fraction of sp³-hybridized carbons (Fsp3) is 0.263. The molecule has 0 aliphatic heterocycles. The predicted octanol–water partition coefficient (Wildman–Crippen LogP) is 5.44. The van der Waals surface area contributed by atoms with Gasteiger partial charge in [-0.3, -0.25) is 4.79 Å². The molecular weight excluding hydrogens is 372 g/mol. The van der Waals surface area contributed by atoms with Crippen molar-refractivity contribution in [3.8, 4) is 0 Å². The zero-order chi connectivity index (χ0) is 18.1. The van der Waals surface area contributed by atoms with Gasteiger partial charge in [0.05, 0.1) is 15.2 Å². The molecule has 130 valence electrons. The van der Waals surface area contributed by atoms with Crippen molar-refractivity contribution in [2.75, 3.05) is 0 Å². The van der Waals surface area contributed by atoms with Crippen molar-refractivity contribution in [3.05, 3.63) is 57.3 Å². The molecule has 0 bridgehead atoms. The summed E-state index contributed by atoms with van der Waals surface area (Å²) in [6.07, 6.45) is 0. The summed E-state index contributed by atoms with van der Waals surface area (Å²) >= 11 is 9.51. The molecule has 0 radical (unpaired) electrons. The van der Waals surface area contributed by atoms with Gasteiger partial charge in [-0.15, -0.1) is 11.8 Å². The number of thiazole rings is 1. The number of thioether (sulfide) groups is 1. The number of rotatable bonds is 3. The number of benzene rings is 2. The molecule has 6 heteroatoms. The lowest BCUT2D eigenvalue weighted by atomic mass is 10.2. The molecule has 0 saturated carbocycles. The van der Waals surface area contributed by atoms with Crippen LogP contribution in [0.25, 0.3) is 10.2 Å². The average molecular weight is 391 g/mol. The number of hydrogen-bond donors (Lipinski definition) is 0. The fourth-order valence-corrected chi connectivity index (χ4v) is 4.82. The Morgan fingerprint density at radius 1 is 1.20 bits per heavy atom. The molecule has 3 rings (SSSR count). The van der Waals surface area contributed by atoms with Gasteiger partial charge in [0.1, 0.15) is 0 Å². The summed E-state index contributed by atoms with van der Waals surface area (Å²) < 4.78 is 2.89. The Kier molecular flexibility index (Phi) is 5.37. The highest BCUT2D eigenvalue weighted by Crippen LogP contribution is 2.28. The minimum atomic E-state index is -0.239. The van der Waals surface area contributed by atoms with E-state index in [1.165, 1.54) is 11.3 Å².